The van der Waals surface area contributed by atoms with E-state index in [-0.39, 0.29) is 24.0 Å². The molecule has 17 nitrogen and oxygen atoms in total. The number of ether oxygens (including phenoxy) is 6. The van der Waals surface area contributed by atoms with Crippen molar-refractivity contribution in [2.45, 2.75) is 93.4 Å². The number of esters is 2. The number of hydrogen-bond acceptors (Lipinski definition) is 17. The Kier molecular flexibility index (Phi) is 10.5. The zero-order valence-electron chi connectivity index (χ0n) is 25.1. The first-order valence-corrected chi connectivity index (χ1v) is 14.3. The van der Waals surface area contributed by atoms with Gasteiger partial charge in [0.05, 0.1) is 79.7 Å². The first-order valence-electron chi connectivity index (χ1n) is 14.3. The Bertz CT molecular complexity index is 1150. The Balaban J connectivity index is 0.000000231. The van der Waals surface area contributed by atoms with Gasteiger partial charge in [0.2, 0.25) is 12.6 Å². The van der Waals surface area contributed by atoms with Gasteiger partial charge in [-0.3, -0.25) is 0 Å². The maximum atomic E-state index is 12.0. The molecule has 45 heavy (non-hydrogen) atoms. The Hall–Kier alpha value is -2.42. The quantitative estimate of drug-likeness (QED) is 0.129. The van der Waals surface area contributed by atoms with Gasteiger partial charge >= 0.3 is 11.9 Å². The van der Waals surface area contributed by atoms with Gasteiger partial charge in [0.25, 0.3) is 0 Å². The fourth-order valence-corrected chi connectivity index (χ4v) is 7.02. The van der Waals surface area contributed by atoms with Gasteiger partial charge < -0.3 is 74.4 Å². The molecule has 2 saturated carbocycles. The van der Waals surface area contributed by atoms with Gasteiger partial charge in [-0.15, -0.1) is 0 Å². The lowest BCUT2D eigenvalue weighted by molar-refractivity contribution is -0.346. The summed E-state index contributed by atoms with van der Waals surface area (Å²) in [7, 11) is 2.40. The highest BCUT2D eigenvalue weighted by Gasteiger charge is 2.60. The molecule has 9 N–H and O–H groups in total. The van der Waals surface area contributed by atoms with Gasteiger partial charge in [-0.05, 0) is 13.8 Å². The lowest BCUT2D eigenvalue weighted by atomic mass is 9.80. The molecule has 3 fully saturated rings. The standard InChI is InChI=1S/C17H26O11.C11H16O6/c1-17(24)3-7(19)9-6(14(23)25-2)5-26-15(10(9)17)28-16-13(22)12(21)11(20)8(4-18)27-16;1-11(15)3-6(12)7-5(9(13)16-2)4-17-10(14)8(7)11/h5,7-13,15-16,18-22,24H,3-4H2,1-2H3;4,6-8,10,12,14-15H,3H2,1-2H3/t7-,8-,9+,10-,11-,12+,13-,15+,16?,17+;6-,7+,8-,10-,11+/m11/s1. The van der Waals surface area contributed by atoms with E-state index in [1.54, 1.807) is 0 Å². The molecule has 1 unspecified atom stereocenters. The lowest BCUT2D eigenvalue weighted by Gasteiger charge is -2.44. The van der Waals surface area contributed by atoms with Gasteiger partial charge in [0.15, 0.2) is 6.29 Å². The second-order valence-corrected chi connectivity index (χ2v) is 12.4. The molecule has 0 spiro atoms. The maximum Gasteiger partial charge on any atom is 0.337 e. The molecule has 1 saturated heterocycles. The van der Waals surface area contributed by atoms with Crippen LogP contribution in [0.15, 0.2) is 23.7 Å². The topological polar surface area (TPSA) is 272 Å². The van der Waals surface area contributed by atoms with Crippen LogP contribution < -0.4 is 0 Å². The van der Waals surface area contributed by atoms with Crippen LogP contribution in [0, 0.1) is 23.7 Å². The van der Waals surface area contributed by atoms with Crippen molar-refractivity contribution in [1.82, 2.24) is 0 Å². The fraction of sp³-hybridized carbons (Fsp3) is 0.786. The molecule has 2 aliphatic carbocycles. The largest absolute Gasteiger partial charge is 0.472 e. The van der Waals surface area contributed by atoms with Crippen molar-refractivity contribution in [2.75, 3.05) is 20.8 Å². The number of carbonyl (C=O) groups excluding carboxylic acids is 2. The number of hydrogen-bond donors (Lipinski definition) is 9. The van der Waals surface area contributed by atoms with Crippen LogP contribution >= 0.6 is 0 Å². The van der Waals surface area contributed by atoms with E-state index in [0.717, 1.165) is 12.5 Å². The average Bonchev–Trinajstić information content (AvgIpc) is 3.39. The summed E-state index contributed by atoms with van der Waals surface area (Å²) in [6.07, 6.45) is -9.83. The van der Waals surface area contributed by atoms with Crippen LogP contribution in [0.3, 0.4) is 0 Å². The van der Waals surface area contributed by atoms with Crippen LogP contribution in [0.1, 0.15) is 26.7 Å². The highest BCUT2D eigenvalue weighted by molar-refractivity contribution is 5.89. The fourth-order valence-electron chi connectivity index (χ4n) is 7.02. The SMILES string of the molecule is COC(=O)C1=CO[C@@H](O)[C@H]2[C@@H]1[C@H](O)C[C@]2(C)O.COC(=O)C1=CO[C@@H](OC2O[C@H](CO)[C@@H](O)[C@H](O)[C@H]2O)[C@H]2[C@@H]1[C@H](O)C[C@]2(C)O. The molecule has 0 bridgehead atoms. The summed E-state index contributed by atoms with van der Waals surface area (Å²) in [4.78, 5) is 23.5. The van der Waals surface area contributed by atoms with Gasteiger partial charge in [-0.1, -0.05) is 0 Å². The third-order valence-corrected chi connectivity index (χ3v) is 9.22. The van der Waals surface area contributed by atoms with Crippen LogP contribution in [-0.4, -0.2) is 145 Å². The van der Waals surface area contributed by atoms with E-state index < -0.39 is 109 Å². The van der Waals surface area contributed by atoms with E-state index in [0.29, 0.717) is 0 Å². The van der Waals surface area contributed by atoms with E-state index >= 15 is 0 Å². The van der Waals surface area contributed by atoms with Gasteiger partial charge in [-0.25, -0.2) is 9.59 Å². The van der Waals surface area contributed by atoms with Crippen molar-refractivity contribution in [2.24, 2.45) is 23.7 Å². The summed E-state index contributed by atoms with van der Waals surface area (Å²) < 4.78 is 30.6. The predicted octanol–water partition coefficient (Wildman–Crippen LogP) is -3.90. The Morgan fingerprint density at radius 3 is 1.78 bits per heavy atom. The van der Waals surface area contributed by atoms with E-state index in [9.17, 15) is 55.5 Å². The van der Waals surface area contributed by atoms with Crippen LogP contribution in [0.4, 0.5) is 0 Å². The van der Waals surface area contributed by atoms with E-state index in [4.69, 9.17) is 23.7 Å². The third-order valence-electron chi connectivity index (χ3n) is 9.22. The molecule has 0 aromatic rings. The number of methoxy groups -OCH3 is 2. The highest BCUT2D eigenvalue weighted by Crippen LogP contribution is 2.50. The molecule has 5 aliphatic rings. The zero-order valence-corrected chi connectivity index (χ0v) is 25.1. The first kappa shape index (κ1) is 35.4. The van der Waals surface area contributed by atoms with Gasteiger partial charge in [-0.2, -0.15) is 0 Å². The molecular weight excluding hydrogens is 608 g/mol. The summed E-state index contributed by atoms with van der Waals surface area (Å²) >= 11 is 0. The maximum absolute atomic E-state index is 12.0. The molecule has 0 radical (unpaired) electrons. The second kappa shape index (κ2) is 13.4. The number of rotatable bonds is 5. The Labute approximate surface area is 257 Å². The Morgan fingerprint density at radius 2 is 1.27 bits per heavy atom. The molecule has 3 aliphatic heterocycles. The van der Waals surface area contributed by atoms with Crippen molar-refractivity contribution in [3.63, 3.8) is 0 Å². The van der Waals surface area contributed by atoms with Gasteiger partial charge in [0.1, 0.15) is 24.4 Å². The average molecular weight is 651 g/mol. The normalized spacial score (nSPS) is 47.0. The molecule has 3 heterocycles. The molecule has 256 valence electrons. The predicted molar refractivity (Wildman–Crippen MR) is 143 cm³/mol. The van der Waals surface area contributed by atoms with Crippen LogP contribution in [-0.2, 0) is 38.0 Å². The summed E-state index contributed by atoms with van der Waals surface area (Å²) in [6.45, 7) is 2.33. The van der Waals surface area contributed by atoms with E-state index in [2.05, 4.69) is 4.74 Å². The second-order valence-electron chi connectivity index (χ2n) is 12.4. The number of aliphatic hydroxyl groups is 9. The number of fused-ring (bicyclic) bond motifs is 2. The molecule has 17 heteroatoms. The minimum absolute atomic E-state index is 0.0337. The third kappa shape index (κ3) is 6.57. The van der Waals surface area contributed by atoms with E-state index in [1.165, 1.54) is 28.1 Å². The molecule has 0 amide bonds. The van der Waals surface area contributed by atoms with Crippen molar-refractivity contribution in [1.29, 1.82) is 0 Å². The van der Waals surface area contributed by atoms with Crippen molar-refractivity contribution < 1.29 is 84.0 Å². The molecule has 15 atom stereocenters. The molecular formula is C28H42O17. The monoisotopic (exact) mass is 650 g/mol. The smallest absolute Gasteiger partial charge is 0.337 e. The number of aliphatic hydroxyl groups excluding tert-OH is 7. The van der Waals surface area contributed by atoms with Crippen LogP contribution in [0.2, 0.25) is 0 Å². The lowest BCUT2D eigenvalue weighted by Crippen LogP contribution is -2.60. The zero-order chi connectivity index (χ0) is 33.6. The van der Waals surface area contributed by atoms with Gasteiger partial charge in [0, 0.05) is 24.7 Å². The van der Waals surface area contributed by atoms with Crippen LogP contribution in [0.25, 0.3) is 0 Å². The van der Waals surface area contributed by atoms with E-state index in [1.807, 2.05) is 0 Å². The first-order chi connectivity index (χ1) is 21.0. The summed E-state index contributed by atoms with van der Waals surface area (Å²) in [6, 6.07) is 0. The highest BCUT2D eigenvalue weighted by atomic mass is 16.8. The van der Waals surface area contributed by atoms with Crippen molar-refractivity contribution in [3.05, 3.63) is 23.7 Å². The van der Waals surface area contributed by atoms with Crippen molar-refractivity contribution in [3.8, 4) is 0 Å². The molecule has 0 aromatic carbocycles. The summed E-state index contributed by atoms with van der Waals surface area (Å²) in [5.74, 6) is -4.53. The number of carbonyl (C=O) groups is 2. The minimum Gasteiger partial charge on any atom is -0.472 e. The minimum atomic E-state index is -1.66. The summed E-state index contributed by atoms with van der Waals surface area (Å²) in [5.41, 5.74) is -2.59. The molecule has 0 aromatic heterocycles. The molecule has 5 rings (SSSR count). The van der Waals surface area contributed by atoms with Crippen LogP contribution in [0.5, 0.6) is 0 Å². The Morgan fingerprint density at radius 1 is 0.778 bits per heavy atom. The van der Waals surface area contributed by atoms with Crippen molar-refractivity contribution >= 4 is 11.9 Å². The summed E-state index contributed by atoms with van der Waals surface area (Å²) in [5, 5.41) is 90.1.